The van der Waals surface area contributed by atoms with Gasteiger partial charge in [0.25, 0.3) is 0 Å². The summed E-state index contributed by atoms with van der Waals surface area (Å²) in [7, 11) is -0.790. The molecule has 0 aromatic rings. The van der Waals surface area contributed by atoms with E-state index >= 15 is 0 Å². The van der Waals surface area contributed by atoms with E-state index in [1.807, 2.05) is 0 Å². The van der Waals surface area contributed by atoms with Gasteiger partial charge in [-0.05, 0) is 38.9 Å². The normalized spacial score (nSPS) is 14.5. The molecule has 0 heterocycles. The fourth-order valence-electron chi connectivity index (χ4n) is 1.26. The van der Waals surface area contributed by atoms with Crippen LogP contribution in [0.15, 0.2) is 0 Å². The van der Waals surface area contributed by atoms with E-state index in [1.54, 1.807) is 20.8 Å². The molecule has 0 aliphatic rings. The molecule has 0 rings (SSSR count). The van der Waals surface area contributed by atoms with E-state index in [0.29, 0.717) is 0 Å². The van der Waals surface area contributed by atoms with Crippen molar-refractivity contribution in [1.29, 1.82) is 0 Å². The molecule has 0 saturated carbocycles. The maximum atomic E-state index is 12.1. The van der Waals surface area contributed by atoms with Crippen molar-refractivity contribution in [2.24, 2.45) is 5.92 Å². The van der Waals surface area contributed by atoms with Crippen molar-refractivity contribution >= 4 is 20.3 Å². The van der Waals surface area contributed by atoms with Gasteiger partial charge in [-0.2, -0.15) is 0 Å². The molecule has 0 aromatic heterocycles. The van der Waals surface area contributed by atoms with Crippen LogP contribution in [-0.2, 0) is 23.5 Å². The zero-order valence-corrected chi connectivity index (χ0v) is 15.8. The molecule has 1 unspecified atom stereocenters. The van der Waals surface area contributed by atoms with Crippen LogP contribution in [-0.4, -0.2) is 39.6 Å². The van der Waals surface area contributed by atoms with Crippen molar-refractivity contribution < 1.29 is 23.5 Å². The standard InChI is InChI=1S/C15H30O5Si/c1-14(2,3)20-13(17)11(12(16)18-7)10-19-21(8,9)15(4,5)6/h11H,10H2,1-9H3. The second-order valence-corrected chi connectivity index (χ2v) is 12.5. The van der Waals surface area contributed by atoms with E-state index in [-0.39, 0.29) is 11.6 Å². The molecule has 124 valence electrons. The van der Waals surface area contributed by atoms with Crippen LogP contribution < -0.4 is 0 Å². The van der Waals surface area contributed by atoms with Crippen LogP contribution in [0.1, 0.15) is 41.5 Å². The van der Waals surface area contributed by atoms with Gasteiger partial charge >= 0.3 is 11.9 Å². The third kappa shape index (κ3) is 6.61. The first-order chi connectivity index (χ1) is 9.21. The average molecular weight is 318 g/mol. The number of rotatable bonds is 5. The Hall–Kier alpha value is -0.883. The molecule has 0 fully saturated rings. The maximum Gasteiger partial charge on any atom is 0.323 e. The molecule has 0 bridgehead atoms. The van der Waals surface area contributed by atoms with E-state index in [0.717, 1.165) is 0 Å². The van der Waals surface area contributed by atoms with Crippen LogP contribution in [0.5, 0.6) is 0 Å². The molecule has 0 N–H and O–H groups in total. The Morgan fingerprint density at radius 1 is 1.00 bits per heavy atom. The van der Waals surface area contributed by atoms with Crippen molar-refractivity contribution in [2.75, 3.05) is 13.7 Å². The van der Waals surface area contributed by atoms with Crippen LogP contribution >= 0.6 is 0 Å². The van der Waals surface area contributed by atoms with Gasteiger partial charge in [-0.15, -0.1) is 0 Å². The Kier molecular flexibility index (Phi) is 6.63. The van der Waals surface area contributed by atoms with Crippen LogP contribution in [0.25, 0.3) is 0 Å². The Labute approximate surface area is 129 Å². The maximum absolute atomic E-state index is 12.1. The fraction of sp³-hybridized carbons (Fsp3) is 0.867. The second kappa shape index (κ2) is 6.92. The summed E-state index contributed by atoms with van der Waals surface area (Å²) in [5, 5.41) is 0.00159. The predicted octanol–water partition coefficient (Wildman–Crippen LogP) is 3.14. The first kappa shape index (κ1) is 20.1. The number of methoxy groups -OCH3 is 1. The van der Waals surface area contributed by atoms with E-state index in [4.69, 9.17) is 13.9 Å². The van der Waals surface area contributed by atoms with Crippen molar-refractivity contribution in [1.82, 2.24) is 0 Å². The number of hydrogen-bond donors (Lipinski definition) is 0. The van der Waals surface area contributed by atoms with Gasteiger partial charge in [0.1, 0.15) is 5.60 Å². The molecule has 0 saturated heterocycles. The molecule has 0 spiro atoms. The van der Waals surface area contributed by atoms with Crippen molar-refractivity contribution in [3.8, 4) is 0 Å². The van der Waals surface area contributed by atoms with Crippen molar-refractivity contribution in [2.45, 2.75) is 65.3 Å². The first-order valence-electron chi connectivity index (χ1n) is 7.16. The topological polar surface area (TPSA) is 61.8 Å². The summed E-state index contributed by atoms with van der Waals surface area (Å²) in [4.78, 5) is 24.0. The summed E-state index contributed by atoms with van der Waals surface area (Å²) in [5.74, 6) is -2.26. The van der Waals surface area contributed by atoms with Gasteiger partial charge in [0.05, 0.1) is 13.7 Å². The zero-order valence-electron chi connectivity index (χ0n) is 14.8. The molecule has 1 atom stereocenters. The van der Waals surface area contributed by atoms with E-state index in [9.17, 15) is 9.59 Å². The summed E-state index contributed by atoms with van der Waals surface area (Å²) in [6.45, 7) is 15.7. The van der Waals surface area contributed by atoms with E-state index in [1.165, 1.54) is 7.11 Å². The van der Waals surface area contributed by atoms with E-state index < -0.39 is 31.8 Å². The molecule has 0 aliphatic carbocycles. The smallest absolute Gasteiger partial charge is 0.323 e. The molecular formula is C15H30O5Si. The lowest BCUT2D eigenvalue weighted by molar-refractivity contribution is -0.169. The van der Waals surface area contributed by atoms with Crippen LogP contribution in [0, 0.1) is 5.92 Å². The summed E-state index contributed by atoms with van der Waals surface area (Å²) >= 11 is 0. The Balaban J connectivity index is 4.97. The predicted molar refractivity (Wildman–Crippen MR) is 84.5 cm³/mol. The highest BCUT2D eigenvalue weighted by Gasteiger charge is 2.40. The lowest BCUT2D eigenvalue weighted by Gasteiger charge is -2.36. The third-order valence-electron chi connectivity index (χ3n) is 3.59. The van der Waals surface area contributed by atoms with E-state index in [2.05, 4.69) is 33.9 Å². The highest BCUT2D eigenvalue weighted by Crippen LogP contribution is 2.36. The average Bonchev–Trinajstić information content (AvgIpc) is 2.24. The van der Waals surface area contributed by atoms with Gasteiger partial charge in [-0.1, -0.05) is 20.8 Å². The number of esters is 2. The molecule has 0 radical (unpaired) electrons. The van der Waals surface area contributed by atoms with Crippen LogP contribution in [0.2, 0.25) is 18.1 Å². The highest BCUT2D eigenvalue weighted by atomic mass is 28.4. The van der Waals surface area contributed by atoms with Gasteiger partial charge in [0, 0.05) is 0 Å². The largest absolute Gasteiger partial charge is 0.468 e. The van der Waals surface area contributed by atoms with Crippen LogP contribution in [0.3, 0.4) is 0 Å². The molecular weight excluding hydrogens is 288 g/mol. The Morgan fingerprint density at radius 2 is 1.48 bits per heavy atom. The lowest BCUT2D eigenvalue weighted by Crippen LogP contribution is -2.44. The molecule has 6 heteroatoms. The number of hydrogen-bond acceptors (Lipinski definition) is 5. The molecule has 0 amide bonds. The van der Waals surface area contributed by atoms with Crippen molar-refractivity contribution in [3.05, 3.63) is 0 Å². The van der Waals surface area contributed by atoms with Gasteiger partial charge in [0.2, 0.25) is 0 Å². The minimum atomic E-state index is -2.05. The minimum absolute atomic E-state index is 0.00159. The Morgan fingerprint density at radius 3 is 1.81 bits per heavy atom. The van der Waals surface area contributed by atoms with Crippen LogP contribution in [0.4, 0.5) is 0 Å². The van der Waals surface area contributed by atoms with Gasteiger partial charge in [-0.25, -0.2) is 0 Å². The molecule has 21 heavy (non-hydrogen) atoms. The first-order valence-corrected chi connectivity index (χ1v) is 10.1. The monoisotopic (exact) mass is 318 g/mol. The molecule has 0 aromatic carbocycles. The van der Waals surface area contributed by atoms with Crippen molar-refractivity contribution in [3.63, 3.8) is 0 Å². The summed E-state index contributed by atoms with van der Waals surface area (Å²) in [6, 6.07) is 0. The number of carbonyl (C=O) groups is 2. The second-order valence-electron chi connectivity index (χ2n) is 7.68. The number of ether oxygens (including phenoxy) is 2. The third-order valence-corrected chi connectivity index (χ3v) is 8.09. The minimum Gasteiger partial charge on any atom is -0.468 e. The zero-order chi connectivity index (χ0) is 17.1. The fourth-order valence-corrected chi connectivity index (χ4v) is 2.27. The van der Waals surface area contributed by atoms with Gasteiger partial charge in [0.15, 0.2) is 14.2 Å². The quantitative estimate of drug-likeness (QED) is 0.443. The summed E-state index contributed by atoms with van der Waals surface area (Å²) in [6.07, 6.45) is 0. The molecule has 5 nitrogen and oxygen atoms in total. The highest BCUT2D eigenvalue weighted by molar-refractivity contribution is 6.74. The summed E-state index contributed by atoms with van der Waals surface area (Å²) < 4.78 is 15.9. The van der Waals surface area contributed by atoms with Gasteiger partial charge in [-0.3, -0.25) is 9.59 Å². The lowest BCUT2D eigenvalue weighted by atomic mass is 10.1. The summed E-state index contributed by atoms with van der Waals surface area (Å²) in [5.41, 5.74) is -0.652. The SMILES string of the molecule is COC(=O)C(CO[Si](C)(C)C(C)(C)C)C(=O)OC(C)(C)C. The number of carbonyl (C=O) groups excluding carboxylic acids is 2. The molecule has 0 aliphatic heterocycles. The Bertz CT molecular complexity index is 377. The van der Waals surface area contributed by atoms with Gasteiger partial charge < -0.3 is 13.9 Å².